The first-order valence-electron chi connectivity index (χ1n) is 7.89. The van der Waals surface area contributed by atoms with Crippen LogP contribution in [0.5, 0.6) is 0 Å². The van der Waals surface area contributed by atoms with Crippen molar-refractivity contribution < 1.29 is 9.53 Å². The number of urea groups is 1. The molecule has 2 atom stereocenters. The molecule has 24 heavy (non-hydrogen) atoms. The molecule has 1 aromatic heterocycles. The second-order valence-electron chi connectivity index (χ2n) is 6.05. The zero-order chi connectivity index (χ0) is 17.1. The molecule has 3 rings (SSSR count). The first kappa shape index (κ1) is 16.6. The van der Waals surface area contributed by atoms with Gasteiger partial charge in [-0.1, -0.05) is 6.07 Å². The number of nitrogens with zero attached hydrogens (tertiary/aromatic N) is 4. The van der Waals surface area contributed by atoms with Gasteiger partial charge in [-0.3, -0.25) is 10.9 Å². The third kappa shape index (κ3) is 3.64. The van der Waals surface area contributed by atoms with Crippen LogP contribution < -0.4 is 16.2 Å². The topological polar surface area (TPSA) is 96.3 Å². The average molecular weight is 333 g/mol. The van der Waals surface area contributed by atoms with Crippen molar-refractivity contribution in [2.45, 2.75) is 18.5 Å². The van der Waals surface area contributed by atoms with E-state index in [0.29, 0.717) is 24.4 Å². The Bertz CT molecular complexity index is 717. The summed E-state index contributed by atoms with van der Waals surface area (Å²) in [5.41, 5.74) is 8.47. The summed E-state index contributed by atoms with van der Waals surface area (Å²) in [5.74, 6) is 0. The van der Waals surface area contributed by atoms with Crippen LogP contribution in [0.4, 0.5) is 10.5 Å². The molecule has 2 heterocycles. The molecule has 0 spiro atoms. The molecule has 9 heteroatoms. The number of anilines is 1. The van der Waals surface area contributed by atoms with Crippen LogP contribution in [0.25, 0.3) is 11.0 Å². The van der Waals surface area contributed by atoms with Gasteiger partial charge >= 0.3 is 6.03 Å². The van der Waals surface area contributed by atoms with Crippen LogP contribution in [0, 0.1) is 0 Å². The molecule has 0 saturated carbocycles. The van der Waals surface area contributed by atoms with E-state index in [0.717, 1.165) is 11.9 Å². The molecule has 2 amide bonds. The smallest absolute Gasteiger partial charge is 0.321 e. The van der Waals surface area contributed by atoms with Gasteiger partial charge in [0, 0.05) is 39.8 Å². The fourth-order valence-electron chi connectivity index (χ4n) is 2.89. The summed E-state index contributed by atoms with van der Waals surface area (Å²) in [5, 5.41) is 11.4. The number of rotatable bonds is 5. The molecule has 2 unspecified atom stereocenters. The van der Waals surface area contributed by atoms with Gasteiger partial charge in [0.15, 0.2) is 0 Å². The third-order valence-electron chi connectivity index (χ3n) is 4.02. The number of hydrazine groups is 1. The van der Waals surface area contributed by atoms with Gasteiger partial charge in [0.2, 0.25) is 0 Å². The number of hydrogen-bond donors (Lipinski definition) is 3. The van der Waals surface area contributed by atoms with E-state index >= 15 is 0 Å². The highest BCUT2D eigenvalue weighted by Gasteiger charge is 2.26. The molecular formula is C15H23N7O2. The van der Waals surface area contributed by atoms with Crippen LogP contribution in [-0.2, 0) is 11.8 Å². The van der Waals surface area contributed by atoms with Crippen molar-refractivity contribution in [3.63, 3.8) is 0 Å². The maximum atomic E-state index is 12.4. The average Bonchev–Trinajstić information content (AvgIpc) is 3.13. The minimum Gasteiger partial charge on any atom is -0.383 e. The van der Waals surface area contributed by atoms with Crippen molar-refractivity contribution in [3.05, 3.63) is 18.2 Å². The Labute approximate surface area is 140 Å². The molecule has 9 nitrogen and oxygen atoms in total. The molecule has 1 aliphatic rings. The molecule has 0 aliphatic carbocycles. The van der Waals surface area contributed by atoms with Crippen molar-refractivity contribution in [2.24, 2.45) is 7.05 Å². The number of nitrogens with one attached hydrogen (secondary N) is 3. The van der Waals surface area contributed by atoms with Gasteiger partial charge < -0.3 is 15.0 Å². The van der Waals surface area contributed by atoms with E-state index in [9.17, 15) is 4.79 Å². The lowest BCUT2D eigenvalue weighted by molar-refractivity contribution is 0.171. The lowest BCUT2D eigenvalue weighted by atomic mass is 10.1. The van der Waals surface area contributed by atoms with E-state index in [1.54, 1.807) is 26.1 Å². The monoisotopic (exact) mass is 333 g/mol. The molecule has 1 saturated heterocycles. The Morgan fingerprint density at radius 3 is 3.00 bits per heavy atom. The SMILES string of the molecule is COCC1CC(CN(C)C(=O)Nc2cccc3nn(C)nc23)NN1. The first-order valence-corrected chi connectivity index (χ1v) is 7.89. The largest absolute Gasteiger partial charge is 0.383 e. The summed E-state index contributed by atoms with van der Waals surface area (Å²) in [6.07, 6.45) is 0.908. The van der Waals surface area contributed by atoms with Gasteiger partial charge in [-0.25, -0.2) is 4.79 Å². The summed E-state index contributed by atoms with van der Waals surface area (Å²) < 4.78 is 5.14. The van der Waals surface area contributed by atoms with Crippen LogP contribution in [-0.4, -0.2) is 65.3 Å². The maximum Gasteiger partial charge on any atom is 0.321 e. The predicted octanol–water partition coefficient (Wildman–Crippen LogP) is 0.314. The zero-order valence-electron chi connectivity index (χ0n) is 14.1. The van der Waals surface area contributed by atoms with Crippen molar-refractivity contribution in [1.82, 2.24) is 30.7 Å². The van der Waals surface area contributed by atoms with Crippen LogP contribution in [0.2, 0.25) is 0 Å². The molecule has 0 radical (unpaired) electrons. The number of carbonyl (C=O) groups excluding carboxylic acids is 1. The summed E-state index contributed by atoms with van der Waals surface area (Å²) >= 11 is 0. The quantitative estimate of drug-likeness (QED) is 0.729. The van der Waals surface area contributed by atoms with E-state index in [4.69, 9.17) is 4.74 Å². The molecule has 2 aromatic rings. The minimum atomic E-state index is -0.176. The van der Waals surface area contributed by atoms with E-state index in [-0.39, 0.29) is 18.1 Å². The van der Waals surface area contributed by atoms with Crippen molar-refractivity contribution >= 4 is 22.8 Å². The van der Waals surface area contributed by atoms with Gasteiger partial charge in [-0.05, 0) is 18.6 Å². The molecule has 1 aromatic carbocycles. The number of aromatic nitrogens is 3. The maximum absolute atomic E-state index is 12.4. The van der Waals surface area contributed by atoms with Gasteiger partial charge in [-0.2, -0.15) is 15.0 Å². The molecule has 0 bridgehead atoms. The van der Waals surface area contributed by atoms with Gasteiger partial charge in [-0.15, -0.1) is 0 Å². The van der Waals surface area contributed by atoms with E-state index in [1.165, 1.54) is 4.80 Å². The number of methoxy groups -OCH3 is 1. The van der Waals surface area contributed by atoms with E-state index in [1.807, 2.05) is 18.2 Å². The highest BCUT2D eigenvalue weighted by atomic mass is 16.5. The molecule has 1 aliphatic heterocycles. The lowest BCUT2D eigenvalue weighted by Crippen LogP contribution is -2.43. The first-order chi connectivity index (χ1) is 11.6. The van der Waals surface area contributed by atoms with Crippen molar-refractivity contribution in [3.8, 4) is 0 Å². The Morgan fingerprint density at radius 2 is 2.21 bits per heavy atom. The second-order valence-corrected chi connectivity index (χ2v) is 6.05. The highest BCUT2D eigenvalue weighted by Crippen LogP contribution is 2.19. The number of amides is 2. The van der Waals surface area contributed by atoms with Crippen molar-refractivity contribution in [1.29, 1.82) is 0 Å². The van der Waals surface area contributed by atoms with E-state index in [2.05, 4.69) is 26.4 Å². The Balaban J connectivity index is 1.60. The van der Waals surface area contributed by atoms with Crippen LogP contribution >= 0.6 is 0 Å². The minimum absolute atomic E-state index is 0.176. The standard InChI is InChI=1S/C15H23N7O2/c1-21(8-10-7-11(9-24-3)18-17-10)15(23)16-12-5-4-6-13-14(12)20-22(2)19-13/h4-6,10-11,17-18H,7-9H2,1-3H3,(H,16,23). The normalized spacial score (nSPS) is 20.5. The van der Waals surface area contributed by atoms with Crippen LogP contribution in [0.15, 0.2) is 18.2 Å². The number of aryl methyl sites for hydroxylation is 1. The van der Waals surface area contributed by atoms with Crippen LogP contribution in [0.1, 0.15) is 6.42 Å². The number of carbonyl (C=O) groups is 1. The summed E-state index contributed by atoms with van der Waals surface area (Å²) in [4.78, 5) is 15.6. The number of fused-ring (bicyclic) bond motifs is 1. The Morgan fingerprint density at radius 1 is 1.42 bits per heavy atom. The van der Waals surface area contributed by atoms with Gasteiger partial charge in [0.25, 0.3) is 0 Å². The molecule has 3 N–H and O–H groups in total. The summed E-state index contributed by atoms with van der Waals surface area (Å²) in [7, 11) is 5.21. The Kier molecular flexibility index (Phi) is 4.93. The zero-order valence-corrected chi connectivity index (χ0v) is 14.1. The Hall–Kier alpha value is -2.23. The number of benzene rings is 1. The number of likely N-dealkylation sites (N-methyl/N-ethyl adjacent to an activating group) is 1. The molecular weight excluding hydrogens is 310 g/mol. The van der Waals surface area contributed by atoms with Gasteiger partial charge in [0.1, 0.15) is 11.0 Å². The second kappa shape index (κ2) is 7.12. The predicted molar refractivity (Wildman–Crippen MR) is 90.5 cm³/mol. The van der Waals surface area contributed by atoms with Crippen molar-refractivity contribution in [2.75, 3.05) is 32.6 Å². The highest BCUT2D eigenvalue weighted by molar-refractivity contribution is 5.98. The van der Waals surface area contributed by atoms with Gasteiger partial charge in [0.05, 0.1) is 12.3 Å². The fraction of sp³-hybridized carbons (Fsp3) is 0.533. The van der Waals surface area contributed by atoms with E-state index < -0.39 is 0 Å². The number of hydrogen-bond acceptors (Lipinski definition) is 6. The molecule has 130 valence electrons. The summed E-state index contributed by atoms with van der Waals surface area (Å²) in [6, 6.07) is 5.83. The van der Waals surface area contributed by atoms with Crippen LogP contribution in [0.3, 0.4) is 0 Å². The summed E-state index contributed by atoms with van der Waals surface area (Å²) in [6.45, 7) is 1.24. The fourth-order valence-corrected chi connectivity index (χ4v) is 2.89. The lowest BCUT2D eigenvalue weighted by Gasteiger charge is -2.21. The number of ether oxygens (including phenoxy) is 1. The molecule has 1 fully saturated rings. The third-order valence-corrected chi connectivity index (χ3v) is 4.02.